The first-order valence-corrected chi connectivity index (χ1v) is 6.02. The number of carbonyl (C=O) groups excluding carboxylic acids is 1. The van der Waals surface area contributed by atoms with E-state index in [2.05, 4.69) is 11.1 Å². The van der Waals surface area contributed by atoms with Crippen LogP contribution in [0.3, 0.4) is 0 Å². The van der Waals surface area contributed by atoms with Crippen LogP contribution in [0.5, 0.6) is 5.75 Å². The molecule has 1 aliphatic rings. The molecule has 0 bridgehead atoms. The van der Waals surface area contributed by atoms with E-state index in [1.165, 1.54) is 5.56 Å². The summed E-state index contributed by atoms with van der Waals surface area (Å²) < 4.78 is 7.32. The molecular formula is C14H14N2O2. The van der Waals surface area contributed by atoms with Crippen LogP contribution in [0.1, 0.15) is 22.5 Å². The number of benzene rings is 1. The Hall–Kier alpha value is -2.10. The molecule has 0 N–H and O–H groups in total. The van der Waals surface area contributed by atoms with Gasteiger partial charge in [0.2, 0.25) is 0 Å². The molecule has 0 aliphatic carbocycles. The Balaban J connectivity index is 2.09. The van der Waals surface area contributed by atoms with Crippen molar-refractivity contribution in [3.63, 3.8) is 0 Å². The Kier molecular flexibility index (Phi) is 2.63. The average molecular weight is 242 g/mol. The van der Waals surface area contributed by atoms with Gasteiger partial charge in [-0.05, 0) is 36.6 Å². The normalized spacial score (nSPS) is 13.8. The van der Waals surface area contributed by atoms with Gasteiger partial charge in [-0.2, -0.15) is 0 Å². The lowest BCUT2D eigenvalue weighted by Gasteiger charge is -2.17. The molecule has 0 unspecified atom stereocenters. The summed E-state index contributed by atoms with van der Waals surface area (Å²) in [4.78, 5) is 15.4. The van der Waals surface area contributed by atoms with Crippen molar-refractivity contribution in [3.05, 3.63) is 35.8 Å². The van der Waals surface area contributed by atoms with Crippen LogP contribution in [0.15, 0.2) is 24.5 Å². The standard InChI is InChI=1S/C14H14N2O2/c1-16-9-15-14(12(16)8-17)11-4-5-13-10(7-11)3-2-6-18-13/h4-5,7-9H,2-3,6H2,1H3. The number of hydrogen-bond donors (Lipinski definition) is 0. The summed E-state index contributed by atoms with van der Waals surface area (Å²) in [5.74, 6) is 0.952. The number of aromatic nitrogens is 2. The van der Waals surface area contributed by atoms with Crippen LogP contribution >= 0.6 is 0 Å². The number of aryl methyl sites for hydroxylation is 2. The monoisotopic (exact) mass is 242 g/mol. The summed E-state index contributed by atoms with van der Waals surface area (Å²) in [6, 6.07) is 6.00. The van der Waals surface area contributed by atoms with Crippen molar-refractivity contribution in [1.82, 2.24) is 9.55 Å². The molecule has 0 saturated carbocycles. The van der Waals surface area contributed by atoms with E-state index in [1.54, 1.807) is 10.9 Å². The third-order valence-corrected chi connectivity index (χ3v) is 3.28. The molecule has 0 fully saturated rings. The molecule has 2 aromatic rings. The predicted octanol–water partition coefficient (Wildman–Crippen LogP) is 2.22. The van der Waals surface area contributed by atoms with Crippen molar-refractivity contribution in [2.24, 2.45) is 7.05 Å². The molecule has 1 aromatic carbocycles. The van der Waals surface area contributed by atoms with Gasteiger partial charge in [-0.3, -0.25) is 4.79 Å². The summed E-state index contributed by atoms with van der Waals surface area (Å²) in [5, 5.41) is 0. The van der Waals surface area contributed by atoms with Gasteiger partial charge in [0, 0.05) is 12.6 Å². The minimum absolute atomic E-state index is 0.603. The van der Waals surface area contributed by atoms with Crippen molar-refractivity contribution < 1.29 is 9.53 Å². The fourth-order valence-corrected chi connectivity index (χ4v) is 2.31. The van der Waals surface area contributed by atoms with Crippen LogP contribution in [0.4, 0.5) is 0 Å². The summed E-state index contributed by atoms with van der Waals surface area (Å²) in [6.07, 6.45) is 4.57. The van der Waals surface area contributed by atoms with E-state index in [0.717, 1.165) is 42.7 Å². The van der Waals surface area contributed by atoms with Crippen molar-refractivity contribution in [3.8, 4) is 17.0 Å². The second-order valence-corrected chi connectivity index (χ2v) is 4.48. The minimum atomic E-state index is 0.603. The quantitative estimate of drug-likeness (QED) is 0.758. The molecule has 4 nitrogen and oxygen atoms in total. The van der Waals surface area contributed by atoms with Crippen LogP contribution in [0.25, 0.3) is 11.3 Å². The molecule has 18 heavy (non-hydrogen) atoms. The predicted molar refractivity (Wildman–Crippen MR) is 67.8 cm³/mol. The molecular weight excluding hydrogens is 228 g/mol. The van der Waals surface area contributed by atoms with E-state index >= 15 is 0 Å². The Morgan fingerprint density at radius 1 is 1.44 bits per heavy atom. The van der Waals surface area contributed by atoms with Gasteiger partial charge in [-0.25, -0.2) is 4.98 Å². The lowest BCUT2D eigenvalue weighted by Crippen LogP contribution is -2.08. The Bertz CT molecular complexity index is 602. The van der Waals surface area contributed by atoms with Gasteiger partial charge in [-0.1, -0.05) is 0 Å². The molecule has 0 radical (unpaired) electrons. The first-order valence-electron chi connectivity index (χ1n) is 6.02. The van der Waals surface area contributed by atoms with Gasteiger partial charge in [0.15, 0.2) is 6.29 Å². The van der Waals surface area contributed by atoms with E-state index in [9.17, 15) is 4.79 Å². The third kappa shape index (κ3) is 1.70. The van der Waals surface area contributed by atoms with Crippen molar-refractivity contribution >= 4 is 6.29 Å². The lowest BCUT2D eigenvalue weighted by atomic mass is 10.0. The zero-order chi connectivity index (χ0) is 12.5. The number of imidazole rings is 1. The number of aldehydes is 1. The highest BCUT2D eigenvalue weighted by Crippen LogP contribution is 2.30. The van der Waals surface area contributed by atoms with E-state index in [-0.39, 0.29) is 0 Å². The number of fused-ring (bicyclic) bond motifs is 1. The van der Waals surface area contributed by atoms with Gasteiger partial charge in [0.25, 0.3) is 0 Å². The SMILES string of the molecule is Cn1cnc(-c2ccc3c(c2)CCCO3)c1C=O. The molecule has 92 valence electrons. The number of nitrogens with zero attached hydrogens (tertiary/aromatic N) is 2. The molecule has 0 spiro atoms. The number of ether oxygens (including phenoxy) is 1. The maximum Gasteiger partial charge on any atom is 0.168 e. The van der Waals surface area contributed by atoms with Gasteiger partial charge in [0.05, 0.1) is 18.6 Å². The smallest absolute Gasteiger partial charge is 0.168 e. The van der Waals surface area contributed by atoms with Crippen LogP contribution in [0, 0.1) is 0 Å². The topological polar surface area (TPSA) is 44.1 Å². The van der Waals surface area contributed by atoms with E-state index in [4.69, 9.17) is 4.74 Å². The third-order valence-electron chi connectivity index (χ3n) is 3.28. The van der Waals surface area contributed by atoms with Crippen LogP contribution in [0.2, 0.25) is 0 Å². The minimum Gasteiger partial charge on any atom is -0.493 e. The van der Waals surface area contributed by atoms with Crippen LogP contribution in [-0.2, 0) is 13.5 Å². The Labute approximate surface area is 105 Å². The fraction of sp³-hybridized carbons (Fsp3) is 0.286. The fourth-order valence-electron chi connectivity index (χ4n) is 2.31. The van der Waals surface area contributed by atoms with Crippen molar-refractivity contribution in [2.75, 3.05) is 6.61 Å². The summed E-state index contributed by atoms with van der Waals surface area (Å²) in [7, 11) is 1.82. The molecule has 1 aromatic heterocycles. The molecule has 0 amide bonds. The summed E-state index contributed by atoms with van der Waals surface area (Å²) >= 11 is 0. The molecule has 0 atom stereocenters. The van der Waals surface area contributed by atoms with Crippen molar-refractivity contribution in [2.45, 2.75) is 12.8 Å². The molecule has 4 heteroatoms. The summed E-state index contributed by atoms with van der Waals surface area (Å²) in [5.41, 5.74) is 3.51. The van der Waals surface area contributed by atoms with Gasteiger partial charge in [-0.15, -0.1) is 0 Å². The molecule has 3 rings (SSSR count). The second-order valence-electron chi connectivity index (χ2n) is 4.48. The van der Waals surface area contributed by atoms with Gasteiger partial charge in [0.1, 0.15) is 11.4 Å². The highest BCUT2D eigenvalue weighted by molar-refractivity contribution is 5.84. The first kappa shape index (κ1) is 11.0. The second kappa shape index (κ2) is 4.29. The van der Waals surface area contributed by atoms with E-state index < -0.39 is 0 Å². The lowest BCUT2D eigenvalue weighted by molar-refractivity contribution is 0.111. The average Bonchev–Trinajstić information content (AvgIpc) is 2.79. The highest BCUT2D eigenvalue weighted by atomic mass is 16.5. The molecule has 0 saturated heterocycles. The van der Waals surface area contributed by atoms with Gasteiger partial charge >= 0.3 is 0 Å². The van der Waals surface area contributed by atoms with Crippen LogP contribution in [-0.4, -0.2) is 22.4 Å². The van der Waals surface area contributed by atoms with Crippen LogP contribution < -0.4 is 4.74 Å². The highest BCUT2D eigenvalue weighted by Gasteiger charge is 2.15. The zero-order valence-electron chi connectivity index (χ0n) is 10.2. The van der Waals surface area contributed by atoms with Crippen molar-refractivity contribution in [1.29, 1.82) is 0 Å². The maximum atomic E-state index is 11.1. The summed E-state index contributed by atoms with van der Waals surface area (Å²) in [6.45, 7) is 0.787. The maximum absolute atomic E-state index is 11.1. The zero-order valence-corrected chi connectivity index (χ0v) is 10.2. The number of rotatable bonds is 2. The first-order chi connectivity index (χ1) is 8.79. The molecule has 2 heterocycles. The Morgan fingerprint density at radius 2 is 2.33 bits per heavy atom. The largest absolute Gasteiger partial charge is 0.493 e. The number of carbonyl (C=O) groups is 1. The molecule has 1 aliphatic heterocycles. The van der Waals surface area contributed by atoms with E-state index in [0.29, 0.717) is 5.69 Å². The van der Waals surface area contributed by atoms with E-state index in [1.807, 2.05) is 19.2 Å². The Morgan fingerprint density at radius 3 is 3.17 bits per heavy atom. The van der Waals surface area contributed by atoms with Gasteiger partial charge < -0.3 is 9.30 Å². The number of hydrogen-bond acceptors (Lipinski definition) is 3.